The van der Waals surface area contributed by atoms with E-state index < -0.39 is 5.97 Å². The maximum atomic E-state index is 11.1. The molecular formula is C15H14N2O3S. The summed E-state index contributed by atoms with van der Waals surface area (Å²) in [6.45, 7) is 4.31. The largest absolute Gasteiger partial charge is 0.493 e. The van der Waals surface area contributed by atoms with Gasteiger partial charge < -0.3 is 9.84 Å². The predicted octanol–water partition coefficient (Wildman–Crippen LogP) is 3.47. The number of imidazole rings is 1. The van der Waals surface area contributed by atoms with Crippen molar-refractivity contribution in [1.29, 1.82) is 0 Å². The molecule has 6 heteroatoms. The first-order chi connectivity index (χ1) is 10.1. The highest BCUT2D eigenvalue weighted by Crippen LogP contribution is 2.32. The molecule has 21 heavy (non-hydrogen) atoms. The molecule has 3 aromatic rings. The average Bonchev–Trinajstić information content (AvgIpc) is 3.00. The van der Waals surface area contributed by atoms with Gasteiger partial charge in [0.05, 0.1) is 12.3 Å². The summed E-state index contributed by atoms with van der Waals surface area (Å²) in [7, 11) is 0. The van der Waals surface area contributed by atoms with Crippen LogP contribution in [0.15, 0.2) is 30.5 Å². The predicted molar refractivity (Wildman–Crippen MR) is 81.4 cm³/mol. The van der Waals surface area contributed by atoms with Crippen molar-refractivity contribution in [2.75, 3.05) is 6.61 Å². The first-order valence-electron chi connectivity index (χ1n) is 6.55. The first kappa shape index (κ1) is 13.6. The van der Waals surface area contributed by atoms with E-state index in [1.807, 2.05) is 41.8 Å². The molecule has 3 rings (SSSR count). The number of nitrogens with zero attached hydrogens (tertiary/aromatic N) is 2. The van der Waals surface area contributed by atoms with Gasteiger partial charge in [0, 0.05) is 17.5 Å². The number of thiazole rings is 1. The van der Waals surface area contributed by atoms with Crippen molar-refractivity contribution in [3.05, 3.63) is 41.0 Å². The molecule has 5 nitrogen and oxygen atoms in total. The molecule has 1 N–H and O–H groups in total. The number of benzene rings is 1. The van der Waals surface area contributed by atoms with E-state index in [0.717, 1.165) is 17.0 Å². The SMILES string of the molecule is CCOc1ccccc1-c1cn2c(C)c(C(=O)O)sc2n1. The number of ether oxygens (including phenoxy) is 1. The fraction of sp³-hybridized carbons (Fsp3) is 0.200. The van der Waals surface area contributed by atoms with E-state index in [0.29, 0.717) is 22.1 Å². The molecule has 0 aliphatic rings. The number of carboxylic acids is 1. The minimum atomic E-state index is -0.917. The Bertz CT molecular complexity index is 820. The highest BCUT2D eigenvalue weighted by atomic mass is 32.1. The van der Waals surface area contributed by atoms with Gasteiger partial charge in [-0.3, -0.25) is 4.40 Å². The Hall–Kier alpha value is -2.34. The van der Waals surface area contributed by atoms with E-state index in [4.69, 9.17) is 9.84 Å². The molecule has 0 fully saturated rings. The Labute approximate surface area is 125 Å². The van der Waals surface area contributed by atoms with Gasteiger partial charge in [-0.1, -0.05) is 23.5 Å². The second kappa shape index (κ2) is 5.21. The molecule has 0 spiro atoms. The average molecular weight is 302 g/mol. The summed E-state index contributed by atoms with van der Waals surface area (Å²) in [5, 5.41) is 9.13. The van der Waals surface area contributed by atoms with E-state index >= 15 is 0 Å². The summed E-state index contributed by atoms with van der Waals surface area (Å²) in [6, 6.07) is 7.70. The van der Waals surface area contributed by atoms with E-state index in [1.165, 1.54) is 11.3 Å². The molecule has 1 aromatic carbocycles. The summed E-state index contributed by atoms with van der Waals surface area (Å²) in [4.78, 5) is 16.7. The molecule has 0 aliphatic heterocycles. The summed E-state index contributed by atoms with van der Waals surface area (Å²) in [5.41, 5.74) is 2.38. The number of para-hydroxylation sites is 1. The van der Waals surface area contributed by atoms with E-state index in [9.17, 15) is 4.79 Å². The van der Waals surface area contributed by atoms with Crippen molar-refractivity contribution in [2.24, 2.45) is 0 Å². The second-order valence-electron chi connectivity index (χ2n) is 4.53. The van der Waals surface area contributed by atoms with Crippen LogP contribution in [-0.2, 0) is 0 Å². The molecule has 2 heterocycles. The Morgan fingerprint density at radius 1 is 1.43 bits per heavy atom. The van der Waals surface area contributed by atoms with Crippen LogP contribution in [0.3, 0.4) is 0 Å². The molecule has 0 atom stereocenters. The van der Waals surface area contributed by atoms with Crippen molar-refractivity contribution in [1.82, 2.24) is 9.38 Å². The number of carboxylic acid groups (broad SMARTS) is 1. The molecule has 0 unspecified atom stereocenters. The minimum Gasteiger partial charge on any atom is -0.493 e. The molecule has 2 aromatic heterocycles. The Morgan fingerprint density at radius 2 is 2.19 bits per heavy atom. The summed E-state index contributed by atoms with van der Waals surface area (Å²) in [6.07, 6.45) is 1.85. The van der Waals surface area contributed by atoms with Crippen LogP contribution in [0.4, 0.5) is 0 Å². The van der Waals surface area contributed by atoms with E-state index in [-0.39, 0.29) is 0 Å². The van der Waals surface area contributed by atoms with Crippen LogP contribution >= 0.6 is 11.3 Å². The normalized spacial score (nSPS) is 11.0. The van der Waals surface area contributed by atoms with E-state index in [2.05, 4.69) is 4.98 Å². The number of aryl methyl sites for hydroxylation is 1. The van der Waals surface area contributed by atoms with Crippen LogP contribution in [0.25, 0.3) is 16.2 Å². The van der Waals surface area contributed by atoms with Crippen LogP contribution in [-0.4, -0.2) is 27.1 Å². The van der Waals surface area contributed by atoms with Crippen LogP contribution in [0, 0.1) is 6.92 Å². The Balaban J connectivity index is 2.12. The zero-order valence-electron chi connectivity index (χ0n) is 11.7. The van der Waals surface area contributed by atoms with Crippen molar-refractivity contribution >= 4 is 22.3 Å². The number of rotatable bonds is 4. The van der Waals surface area contributed by atoms with Gasteiger partial charge in [0.15, 0.2) is 4.96 Å². The smallest absolute Gasteiger partial charge is 0.347 e. The van der Waals surface area contributed by atoms with Gasteiger partial charge in [-0.2, -0.15) is 0 Å². The number of hydrogen-bond acceptors (Lipinski definition) is 4. The van der Waals surface area contributed by atoms with Crippen LogP contribution in [0.1, 0.15) is 22.3 Å². The molecule has 0 saturated carbocycles. The molecule has 0 amide bonds. The van der Waals surface area contributed by atoms with Gasteiger partial charge in [0.1, 0.15) is 10.6 Å². The first-order valence-corrected chi connectivity index (χ1v) is 7.37. The molecule has 108 valence electrons. The fourth-order valence-corrected chi connectivity index (χ4v) is 3.19. The summed E-state index contributed by atoms with van der Waals surface area (Å²) < 4.78 is 7.43. The maximum absolute atomic E-state index is 11.1. The molecule has 0 aliphatic carbocycles. The Kier molecular flexibility index (Phi) is 3.39. The topological polar surface area (TPSA) is 63.8 Å². The molecule has 0 radical (unpaired) electrons. The summed E-state index contributed by atoms with van der Waals surface area (Å²) >= 11 is 1.18. The second-order valence-corrected chi connectivity index (χ2v) is 5.51. The van der Waals surface area contributed by atoms with Gasteiger partial charge in [-0.05, 0) is 26.0 Å². The standard InChI is InChI=1S/C15H14N2O3S/c1-3-20-12-7-5-4-6-10(12)11-8-17-9(2)13(14(18)19)21-15(17)16-11/h4-8H,3H2,1-2H3,(H,18,19). The van der Waals surface area contributed by atoms with Crippen molar-refractivity contribution in [3.8, 4) is 17.0 Å². The van der Waals surface area contributed by atoms with Crippen LogP contribution in [0.5, 0.6) is 5.75 Å². The monoisotopic (exact) mass is 302 g/mol. The van der Waals surface area contributed by atoms with Crippen molar-refractivity contribution < 1.29 is 14.6 Å². The number of aromatic carboxylic acids is 1. The summed E-state index contributed by atoms with van der Waals surface area (Å²) in [5.74, 6) is -0.138. The minimum absolute atomic E-state index is 0.321. The maximum Gasteiger partial charge on any atom is 0.347 e. The molecule has 0 bridgehead atoms. The Morgan fingerprint density at radius 3 is 2.86 bits per heavy atom. The van der Waals surface area contributed by atoms with Crippen LogP contribution in [0.2, 0.25) is 0 Å². The zero-order valence-corrected chi connectivity index (χ0v) is 12.5. The quantitative estimate of drug-likeness (QED) is 0.801. The van der Waals surface area contributed by atoms with E-state index in [1.54, 1.807) is 6.92 Å². The van der Waals surface area contributed by atoms with Gasteiger partial charge in [-0.25, -0.2) is 9.78 Å². The molecular weight excluding hydrogens is 288 g/mol. The molecule has 0 saturated heterocycles. The van der Waals surface area contributed by atoms with Crippen LogP contribution < -0.4 is 4.74 Å². The third-order valence-corrected chi connectivity index (χ3v) is 4.36. The highest BCUT2D eigenvalue weighted by molar-refractivity contribution is 7.19. The number of fused-ring (bicyclic) bond motifs is 1. The lowest BCUT2D eigenvalue weighted by atomic mass is 10.1. The van der Waals surface area contributed by atoms with Crippen molar-refractivity contribution in [3.63, 3.8) is 0 Å². The lowest BCUT2D eigenvalue weighted by Crippen LogP contribution is -1.96. The lowest BCUT2D eigenvalue weighted by molar-refractivity contribution is 0.0701. The fourth-order valence-electron chi connectivity index (χ4n) is 2.24. The highest BCUT2D eigenvalue weighted by Gasteiger charge is 2.18. The van der Waals surface area contributed by atoms with Gasteiger partial charge >= 0.3 is 5.97 Å². The zero-order chi connectivity index (χ0) is 15.0. The van der Waals surface area contributed by atoms with Gasteiger partial charge in [0.25, 0.3) is 0 Å². The number of hydrogen-bond donors (Lipinski definition) is 1. The third-order valence-electron chi connectivity index (χ3n) is 3.21. The lowest BCUT2D eigenvalue weighted by Gasteiger charge is -2.07. The van der Waals surface area contributed by atoms with Gasteiger partial charge in [0.2, 0.25) is 0 Å². The van der Waals surface area contributed by atoms with Crippen molar-refractivity contribution in [2.45, 2.75) is 13.8 Å². The third kappa shape index (κ3) is 2.27. The number of aromatic nitrogens is 2. The van der Waals surface area contributed by atoms with Gasteiger partial charge in [-0.15, -0.1) is 0 Å². The number of carbonyl (C=O) groups is 1.